The predicted octanol–water partition coefficient (Wildman–Crippen LogP) is -12.6. The Bertz CT molecular complexity index is 1820. The molecule has 0 unspecified atom stereocenters. The van der Waals surface area contributed by atoms with Gasteiger partial charge in [0, 0.05) is 26.7 Å². The molecule has 20 N–H and O–H groups in total. The van der Waals surface area contributed by atoms with Gasteiger partial charge in [0.15, 0.2) is 18.9 Å². The van der Waals surface area contributed by atoms with E-state index >= 15 is 0 Å². The Morgan fingerprint density at radius 1 is 0.569 bits per heavy atom. The number of nitrogens with one attached hydrogen (secondary N) is 2. The summed E-state index contributed by atoms with van der Waals surface area (Å²) in [6.45, 7) is -3.70. The molecule has 0 aromatic rings. The van der Waals surface area contributed by atoms with Crippen molar-refractivity contribution in [1.82, 2.24) is 10.6 Å². The zero-order chi connectivity index (χ0) is 53.9. The van der Waals surface area contributed by atoms with E-state index in [1.54, 1.807) is 0 Å². The topological polar surface area (TPSA) is 540 Å². The van der Waals surface area contributed by atoms with Gasteiger partial charge in [0.2, 0.25) is 11.8 Å². The van der Waals surface area contributed by atoms with Crippen molar-refractivity contribution in [3.05, 3.63) is 0 Å². The number of carbonyl (C=O) groups is 4. The standard InChI is InChI=1S/C39H64N2O31/c1-10(45)40-19-24(54)22(52)17(66-33(19)59)8-64-34-20(41-11(2)46)25(55)23(53)18(67-34)9-65-38(36(60)61)4-16(70-39(37(62)63)3-12(47)21(51)30(71-39)14(49)6-43)32(31(72-38)15(50)7-44)69-35-28(58)26(56)27(57)29(68-35)13(48)5-42/h12-35,42-44,47-59H,3-9H2,1-2H3,(H,40,45)(H,41,46)(H,60,61)(H,62,63)/t12-,13+,14-,15-,16-,17-,18-,19-,20-,21-,22-,23-,24-,25-,26+,27+,28+,29-,30-,31-,32-,33+,34-,35-,38-,39-/m1/s1. The molecule has 5 aliphatic rings. The van der Waals surface area contributed by atoms with E-state index in [4.69, 9.17) is 42.6 Å². The van der Waals surface area contributed by atoms with Gasteiger partial charge in [-0.3, -0.25) is 9.59 Å². The third kappa shape index (κ3) is 12.8. The highest BCUT2D eigenvalue weighted by Gasteiger charge is 2.63. The van der Waals surface area contributed by atoms with Crippen molar-refractivity contribution in [3.8, 4) is 0 Å². The van der Waals surface area contributed by atoms with Crippen LogP contribution in [0.15, 0.2) is 0 Å². The molecule has 416 valence electrons. The van der Waals surface area contributed by atoms with Gasteiger partial charge in [-0.25, -0.2) is 9.59 Å². The zero-order valence-electron chi connectivity index (χ0n) is 38.2. The van der Waals surface area contributed by atoms with Crippen LogP contribution >= 0.6 is 0 Å². The Kier molecular flexibility index (Phi) is 20.5. The summed E-state index contributed by atoms with van der Waals surface area (Å²) in [6, 6.07) is -3.19. The maximum atomic E-state index is 13.5. The van der Waals surface area contributed by atoms with Crippen LogP contribution in [0.2, 0.25) is 0 Å². The lowest BCUT2D eigenvalue weighted by atomic mass is 9.89. The van der Waals surface area contributed by atoms with Crippen molar-refractivity contribution in [2.24, 2.45) is 0 Å². The number of aliphatic hydroxyl groups is 16. The SMILES string of the molecule is CC(=O)N[C@@H]1[C@@H](O)[C@H](O)[C@@H](CO[C@@H]2O[C@H](CO[C@]3(C(=O)O)C[C@@H](O[C@]4(C(=O)O)C[C@@H](O)[C@@H](O)[C@@H]([C@H](O)CO)O4)[C@@H](O[C@H]4O[C@H]([C@@H](O)CO)[C@@H](O)[C@H](O)[C@@H]4O)[C@@H]([C@H](O)CO)O3)[C@@H](O)[C@H](O)[C@H]2NC(C)=O)O[C@@H]1O. The fraction of sp³-hybridized carbons (Fsp3) is 0.897. The second kappa shape index (κ2) is 24.7. The highest BCUT2D eigenvalue weighted by molar-refractivity contribution is 5.77. The first-order valence-electron chi connectivity index (χ1n) is 22.3. The first-order valence-corrected chi connectivity index (χ1v) is 22.3. The van der Waals surface area contributed by atoms with Crippen LogP contribution in [0, 0.1) is 0 Å². The lowest BCUT2D eigenvalue weighted by Gasteiger charge is -2.52. The maximum Gasteiger partial charge on any atom is 0.364 e. The van der Waals surface area contributed by atoms with Crippen molar-refractivity contribution < 1.29 is 154 Å². The van der Waals surface area contributed by atoms with Crippen LogP contribution in [-0.2, 0) is 61.8 Å². The van der Waals surface area contributed by atoms with Gasteiger partial charge in [-0.2, -0.15) is 0 Å². The molecular formula is C39H64N2O31. The first kappa shape index (κ1) is 59.8. The van der Waals surface area contributed by atoms with Crippen molar-refractivity contribution in [2.45, 2.75) is 185 Å². The number of carboxylic acid groups (broad SMARTS) is 2. The van der Waals surface area contributed by atoms with E-state index in [2.05, 4.69) is 10.6 Å². The fourth-order valence-corrected chi connectivity index (χ4v) is 8.81. The van der Waals surface area contributed by atoms with Crippen LogP contribution in [0.25, 0.3) is 0 Å². The Labute approximate surface area is 406 Å². The molecule has 0 aromatic carbocycles. The summed E-state index contributed by atoms with van der Waals surface area (Å²) in [6.07, 6.45) is -49.1. The molecule has 0 spiro atoms. The molecule has 5 saturated heterocycles. The van der Waals surface area contributed by atoms with E-state index < -0.39 is 228 Å². The average molecular weight is 1060 g/mol. The second-order valence-electron chi connectivity index (χ2n) is 17.9. The summed E-state index contributed by atoms with van der Waals surface area (Å²) in [5, 5.41) is 195. The van der Waals surface area contributed by atoms with Crippen molar-refractivity contribution in [3.63, 3.8) is 0 Å². The predicted molar refractivity (Wildman–Crippen MR) is 218 cm³/mol. The highest BCUT2D eigenvalue weighted by Crippen LogP contribution is 2.43. The number of carboxylic acids is 2. The molecular weight excluding hydrogens is 992 g/mol. The molecule has 0 bridgehead atoms. The van der Waals surface area contributed by atoms with Crippen LogP contribution in [0.3, 0.4) is 0 Å². The normalized spacial score (nSPS) is 45.1. The molecule has 5 heterocycles. The average Bonchev–Trinajstić information content (AvgIpc) is 3.33. The summed E-state index contributed by atoms with van der Waals surface area (Å²) in [7, 11) is 0. The molecule has 0 aromatic heterocycles. The van der Waals surface area contributed by atoms with E-state index in [-0.39, 0.29) is 0 Å². The van der Waals surface area contributed by atoms with Crippen LogP contribution in [0.4, 0.5) is 0 Å². The van der Waals surface area contributed by atoms with E-state index in [1.807, 2.05) is 0 Å². The molecule has 5 aliphatic heterocycles. The first-order chi connectivity index (χ1) is 33.7. The Morgan fingerprint density at radius 3 is 1.64 bits per heavy atom. The largest absolute Gasteiger partial charge is 0.477 e. The van der Waals surface area contributed by atoms with Crippen molar-refractivity contribution in [1.29, 1.82) is 0 Å². The number of aliphatic hydroxyl groups excluding tert-OH is 16. The third-order valence-electron chi connectivity index (χ3n) is 12.7. The van der Waals surface area contributed by atoms with Crippen LogP contribution < -0.4 is 10.6 Å². The summed E-state index contributed by atoms with van der Waals surface area (Å²) in [5.41, 5.74) is 0. The quantitative estimate of drug-likeness (QED) is 0.0538. The molecule has 5 rings (SSSR count). The number of amides is 2. The summed E-state index contributed by atoms with van der Waals surface area (Å²) in [4.78, 5) is 50.4. The second-order valence-corrected chi connectivity index (χ2v) is 17.9. The molecule has 0 radical (unpaired) electrons. The highest BCUT2D eigenvalue weighted by atomic mass is 16.8. The molecule has 0 saturated carbocycles. The van der Waals surface area contributed by atoms with Gasteiger partial charge in [-0.05, 0) is 0 Å². The monoisotopic (exact) mass is 1060 g/mol. The molecule has 33 nitrogen and oxygen atoms in total. The molecule has 5 fully saturated rings. The number of rotatable bonds is 20. The molecule has 72 heavy (non-hydrogen) atoms. The van der Waals surface area contributed by atoms with Gasteiger partial charge >= 0.3 is 11.9 Å². The van der Waals surface area contributed by atoms with E-state index in [1.165, 1.54) is 0 Å². The minimum Gasteiger partial charge on any atom is -0.477 e. The van der Waals surface area contributed by atoms with E-state index in [9.17, 15) is 111 Å². The van der Waals surface area contributed by atoms with Gasteiger partial charge in [0.05, 0.1) is 45.2 Å². The van der Waals surface area contributed by atoms with E-state index in [0.717, 1.165) is 13.8 Å². The molecule has 2 amide bonds. The molecule has 0 aliphatic carbocycles. The van der Waals surface area contributed by atoms with Gasteiger partial charge in [0.25, 0.3) is 11.6 Å². The van der Waals surface area contributed by atoms with Gasteiger partial charge in [-0.1, -0.05) is 0 Å². The zero-order valence-corrected chi connectivity index (χ0v) is 38.2. The molecule has 26 atom stereocenters. The van der Waals surface area contributed by atoms with Crippen LogP contribution in [0.1, 0.15) is 26.7 Å². The Hall–Kier alpha value is -3.12. The molecule has 33 heteroatoms. The van der Waals surface area contributed by atoms with Crippen LogP contribution in [-0.4, -0.2) is 307 Å². The summed E-state index contributed by atoms with van der Waals surface area (Å²) >= 11 is 0. The van der Waals surface area contributed by atoms with Gasteiger partial charge in [-0.15, -0.1) is 0 Å². The fourth-order valence-electron chi connectivity index (χ4n) is 8.81. The number of hydrogen-bond donors (Lipinski definition) is 20. The third-order valence-corrected chi connectivity index (χ3v) is 12.7. The Balaban J connectivity index is 1.52. The number of ether oxygens (including phenoxy) is 9. The van der Waals surface area contributed by atoms with Crippen LogP contribution in [0.5, 0.6) is 0 Å². The van der Waals surface area contributed by atoms with Gasteiger partial charge < -0.3 is 145 Å². The number of aliphatic carboxylic acids is 2. The lowest BCUT2D eigenvalue weighted by Crippen LogP contribution is -2.70. The Morgan fingerprint density at radius 2 is 1.08 bits per heavy atom. The summed E-state index contributed by atoms with van der Waals surface area (Å²) < 4.78 is 50.9. The lowest BCUT2D eigenvalue weighted by molar-refractivity contribution is -0.400. The maximum absolute atomic E-state index is 13.5. The minimum absolute atomic E-state index is 0.709. The van der Waals surface area contributed by atoms with E-state index in [0.29, 0.717) is 0 Å². The summed E-state index contributed by atoms with van der Waals surface area (Å²) in [5.74, 6) is -12.5. The number of hydrogen-bond acceptors (Lipinski definition) is 29. The minimum atomic E-state index is -3.34. The van der Waals surface area contributed by atoms with Crippen molar-refractivity contribution >= 4 is 23.8 Å². The smallest absolute Gasteiger partial charge is 0.364 e. The van der Waals surface area contributed by atoms with Crippen molar-refractivity contribution in [2.75, 3.05) is 33.0 Å². The van der Waals surface area contributed by atoms with Gasteiger partial charge in [0.1, 0.15) is 116 Å². The number of carbonyl (C=O) groups excluding carboxylic acids is 2.